The molecule has 0 radical (unpaired) electrons. The Morgan fingerprint density at radius 2 is 1.57 bits per heavy atom. The number of nitrogens with two attached hydrogens (primary N) is 2. The molecule has 2 aromatic rings. The lowest BCUT2D eigenvalue weighted by molar-refractivity contribution is 0.318. The van der Waals surface area contributed by atoms with E-state index in [1.807, 2.05) is 32.0 Å². The Kier molecular flexibility index (Phi) is 10.4. The van der Waals surface area contributed by atoms with Crippen LogP contribution in [-0.4, -0.2) is 51.6 Å². The summed E-state index contributed by atoms with van der Waals surface area (Å²) >= 11 is 0. The van der Waals surface area contributed by atoms with Gasteiger partial charge in [-0.2, -0.15) is 16.8 Å². The lowest BCUT2D eigenvalue weighted by Gasteiger charge is -2.12. The molecule has 0 bridgehead atoms. The van der Waals surface area contributed by atoms with Gasteiger partial charge in [-0.05, 0) is 31.0 Å². The van der Waals surface area contributed by atoms with E-state index in [9.17, 15) is 4.79 Å². The Balaban J connectivity index is 0.000000702. The molecular weight excluding hydrogens is 448 g/mol. The summed E-state index contributed by atoms with van der Waals surface area (Å²) in [6.45, 7) is 4.58. The number of nitrogens with zero attached hydrogens (tertiary/aromatic N) is 1. The fraction of sp³-hybridized carbons (Fsp3) is 0.286. The molecule has 0 spiro atoms. The molecule has 9 N–H and O–H groups in total. The molecule has 1 aromatic carbocycles. The molecule has 170 valence electrons. The highest BCUT2D eigenvalue weighted by Crippen LogP contribution is 2.29. The summed E-state index contributed by atoms with van der Waals surface area (Å²) in [5.41, 5.74) is 12.4. The number of ether oxygens (including phenoxy) is 1. The Bertz CT molecular complexity index is 1070. The molecule has 0 aliphatic rings. The third kappa shape index (κ3) is 12.6. The minimum Gasteiger partial charge on any atom is -0.493 e. The van der Waals surface area contributed by atoms with Crippen LogP contribution in [0.15, 0.2) is 23.0 Å². The zero-order chi connectivity index (χ0) is 23.7. The average molecular weight is 470 g/mol. The molecule has 0 amide bonds. The van der Waals surface area contributed by atoms with Gasteiger partial charge in [0.25, 0.3) is 5.56 Å². The zero-order valence-corrected chi connectivity index (χ0v) is 17.4. The van der Waals surface area contributed by atoms with Gasteiger partial charge in [-0.3, -0.25) is 23.0 Å². The maximum absolute atomic E-state index is 11.7. The Morgan fingerprint density at radius 3 is 2.00 bits per heavy atom. The molecule has 0 fully saturated rings. The van der Waals surface area contributed by atoms with Crippen LogP contribution in [0.1, 0.15) is 18.9 Å². The van der Waals surface area contributed by atoms with Crippen molar-refractivity contribution in [3.05, 3.63) is 34.1 Å². The van der Waals surface area contributed by atoms with Crippen molar-refractivity contribution >= 4 is 32.3 Å². The molecule has 2 rings (SSSR count). The van der Waals surface area contributed by atoms with Gasteiger partial charge in [-0.1, -0.05) is 13.0 Å². The fourth-order valence-corrected chi connectivity index (χ4v) is 1.78. The summed E-state index contributed by atoms with van der Waals surface area (Å²) < 4.78 is 68.9. The smallest absolute Gasteiger partial charge is 0.394 e. The van der Waals surface area contributed by atoms with Crippen LogP contribution in [-0.2, 0) is 20.8 Å². The van der Waals surface area contributed by atoms with Crippen molar-refractivity contribution in [3.8, 4) is 17.1 Å². The summed E-state index contributed by atoms with van der Waals surface area (Å²) in [5, 5.41) is 0. The van der Waals surface area contributed by atoms with Gasteiger partial charge in [0.1, 0.15) is 17.3 Å². The van der Waals surface area contributed by atoms with E-state index in [1.54, 1.807) is 0 Å². The predicted molar refractivity (Wildman–Crippen MR) is 108 cm³/mol. The molecule has 30 heavy (non-hydrogen) atoms. The van der Waals surface area contributed by atoms with Gasteiger partial charge < -0.3 is 21.2 Å². The number of aromatic nitrogens is 2. The van der Waals surface area contributed by atoms with E-state index in [-0.39, 0.29) is 11.5 Å². The molecule has 0 saturated heterocycles. The average Bonchev–Trinajstić information content (AvgIpc) is 2.54. The largest absolute Gasteiger partial charge is 0.493 e. The normalized spacial score (nSPS) is 10.9. The highest BCUT2D eigenvalue weighted by molar-refractivity contribution is 7.80. The number of aryl methyl sites for hydroxylation is 1. The Hall–Kier alpha value is -2.76. The summed E-state index contributed by atoms with van der Waals surface area (Å²) in [4.78, 5) is 18.4. The number of anilines is 2. The molecule has 16 heteroatoms. The standard InChI is InChI=1S/C14H18N4O2.2H2O4S/c1-3-6-20-10-7-8(2)4-5-9(10)13-17-12(16)11(15)14(19)18-13;2*1-5(2,3)4/h4-5,7H,3,6,15H2,1-2H3,(H3,16,17,18,19);2*(H2,1,2,3,4). The number of nitrogens with one attached hydrogen (secondary N) is 1. The first-order valence-corrected chi connectivity index (χ1v) is 10.6. The van der Waals surface area contributed by atoms with Crippen molar-refractivity contribution in [2.75, 3.05) is 18.1 Å². The van der Waals surface area contributed by atoms with Gasteiger partial charge in [0.05, 0.1) is 12.2 Å². The van der Waals surface area contributed by atoms with Crippen molar-refractivity contribution in [1.82, 2.24) is 9.97 Å². The second-order valence-electron chi connectivity index (χ2n) is 5.46. The van der Waals surface area contributed by atoms with Crippen molar-refractivity contribution in [1.29, 1.82) is 0 Å². The lowest BCUT2D eigenvalue weighted by atomic mass is 10.1. The molecular formula is C14H22N4O10S2. The first kappa shape index (κ1) is 27.2. The van der Waals surface area contributed by atoms with Crippen LogP contribution in [0.2, 0.25) is 0 Å². The van der Waals surface area contributed by atoms with Crippen LogP contribution in [0.25, 0.3) is 11.4 Å². The minimum atomic E-state index is -4.67. The van der Waals surface area contributed by atoms with Crippen LogP contribution in [0.3, 0.4) is 0 Å². The SMILES string of the molecule is CCCOc1cc(C)ccc1-c1nc(N)c(N)c(=O)[nH]1.O=S(=O)(O)O.O=S(=O)(O)O. The molecule has 14 nitrogen and oxygen atoms in total. The Labute approximate surface area is 172 Å². The number of hydrogen-bond acceptors (Lipinski definition) is 9. The van der Waals surface area contributed by atoms with Gasteiger partial charge in [-0.15, -0.1) is 0 Å². The number of rotatable bonds is 4. The van der Waals surface area contributed by atoms with E-state index >= 15 is 0 Å². The van der Waals surface area contributed by atoms with E-state index in [4.69, 9.17) is 51.3 Å². The first-order chi connectivity index (χ1) is 13.5. The zero-order valence-electron chi connectivity index (χ0n) is 15.8. The number of H-pyrrole nitrogens is 1. The minimum absolute atomic E-state index is 0.0192. The monoisotopic (exact) mass is 470 g/mol. The van der Waals surface area contributed by atoms with E-state index in [2.05, 4.69) is 9.97 Å². The molecule has 0 atom stereocenters. The second kappa shape index (κ2) is 11.4. The summed E-state index contributed by atoms with van der Waals surface area (Å²) in [6, 6.07) is 5.66. The van der Waals surface area contributed by atoms with Crippen LogP contribution in [0, 0.1) is 6.92 Å². The van der Waals surface area contributed by atoms with Crippen LogP contribution < -0.4 is 21.8 Å². The highest BCUT2D eigenvalue weighted by Gasteiger charge is 2.12. The number of benzene rings is 1. The third-order valence-corrected chi connectivity index (χ3v) is 2.84. The van der Waals surface area contributed by atoms with Crippen LogP contribution >= 0.6 is 0 Å². The molecule has 1 aromatic heterocycles. The van der Waals surface area contributed by atoms with Crippen molar-refractivity contribution < 1.29 is 39.8 Å². The van der Waals surface area contributed by atoms with Crippen molar-refractivity contribution in [2.45, 2.75) is 20.3 Å². The van der Waals surface area contributed by atoms with Crippen molar-refractivity contribution in [2.24, 2.45) is 0 Å². The summed E-state index contributed by atoms with van der Waals surface area (Å²) in [5.74, 6) is 1.04. The third-order valence-electron chi connectivity index (χ3n) is 2.84. The highest BCUT2D eigenvalue weighted by atomic mass is 32.3. The maximum atomic E-state index is 11.7. The molecule has 1 heterocycles. The Morgan fingerprint density at radius 1 is 1.07 bits per heavy atom. The number of hydrogen-bond donors (Lipinski definition) is 7. The molecule has 0 saturated carbocycles. The first-order valence-electron chi connectivity index (χ1n) is 7.81. The second-order valence-corrected chi connectivity index (χ2v) is 7.25. The van der Waals surface area contributed by atoms with Gasteiger partial charge in [-0.25, -0.2) is 4.98 Å². The van der Waals surface area contributed by atoms with Gasteiger partial charge >= 0.3 is 20.8 Å². The number of aromatic amines is 1. The van der Waals surface area contributed by atoms with E-state index in [0.29, 0.717) is 23.7 Å². The van der Waals surface area contributed by atoms with E-state index in [0.717, 1.165) is 12.0 Å². The van der Waals surface area contributed by atoms with Gasteiger partial charge in [0.2, 0.25) is 0 Å². The molecule has 0 aliphatic heterocycles. The van der Waals surface area contributed by atoms with Gasteiger partial charge in [0, 0.05) is 0 Å². The summed E-state index contributed by atoms with van der Waals surface area (Å²) in [7, 11) is -9.33. The molecule has 0 aliphatic carbocycles. The number of nitrogen functional groups attached to an aromatic ring is 2. The van der Waals surface area contributed by atoms with Crippen LogP contribution in [0.4, 0.5) is 11.5 Å². The fourth-order valence-electron chi connectivity index (χ4n) is 1.78. The van der Waals surface area contributed by atoms with Crippen molar-refractivity contribution in [3.63, 3.8) is 0 Å². The van der Waals surface area contributed by atoms with Crippen LogP contribution in [0.5, 0.6) is 5.75 Å². The quantitative estimate of drug-likeness (QED) is 0.299. The van der Waals surface area contributed by atoms with E-state index < -0.39 is 26.4 Å². The maximum Gasteiger partial charge on any atom is 0.394 e. The van der Waals surface area contributed by atoms with Gasteiger partial charge in [0.15, 0.2) is 5.82 Å². The van der Waals surface area contributed by atoms with E-state index in [1.165, 1.54) is 0 Å². The molecule has 0 unspecified atom stereocenters. The summed E-state index contributed by atoms with van der Waals surface area (Å²) in [6.07, 6.45) is 0.890. The predicted octanol–water partition coefficient (Wildman–Crippen LogP) is 0.393. The lowest BCUT2D eigenvalue weighted by Crippen LogP contribution is -2.17. The topological polar surface area (TPSA) is 256 Å².